The van der Waals surface area contributed by atoms with Gasteiger partial charge in [0.1, 0.15) is 0 Å². The molecule has 0 aromatic heterocycles. The lowest BCUT2D eigenvalue weighted by atomic mass is 10.1. The summed E-state index contributed by atoms with van der Waals surface area (Å²) in [5.41, 5.74) is -0.758. The van der Waals surface area contributed by atoms with Crippen LogP contribution in [0.4, 0.5) is 0 Å². The van der Waals surface area contributed by atoms with Gasteiger partial charge in [-0.15, -0.1) is 4.52 Å². The molecule has 1 atom stereocenters. The molecule has 1 aliphatic rings. The third kappa shape index (κ3) is 1.24. The predicted octanol–water partition coefficient (Wildman–Crippen LogP) is 1.62. The van der Waals surface area contributed by atoms with Gasteiger partial charge < -0.3 is 0 Å². The molecule has 5 heteroatoms. The number of carbonyl (C=O) groups is 1. The fourth-order valence-electron chi connectivity index (χ4n) is 0.398. The van der Waals surface area contributed by atoms with Crippen LogP contribution in [-0.2, 0) is 4.79 Å². The molecule has 0 spiro atoms. The van der Waals surface area contributed by atoms with E-state index in [0.29, 0.717) is 5.75 Å². The van der Waals surface area contributed by atoms with E-state index in [1.807, 2.05) is 0 Å². The van der Waals surface area contributed by atoms with E-state index in [-0.39, 0.29) is 0 Å². The van der Waals surface area contributed by atoms with E-state index in [0.717, 1.165) is 0 Å². The van der Waals surface area contributed by atoms with Gasteiger partial charge in [-0.05, 0) is 18.5 Å². The van der Waals surface area contributed by atoms with Gasteiger partial charge in [-0.3, -0.25) is 4.79 Å². The Morgan fingerprint density at radius 1 is 1.89 bits per heavy atom. The van der Waals surface area contributed by atoms with Crippen molar-refractivity contribution >= 4 is 28.8 Å². The van der Waals surface area contributed by atoms with Crippen molar-refractivity contribution in [3.05, 3.63) is 0 Å². The molecule has 1 aliphatic heterocycles. The highest BCUT2D eigenvalue weighted by Gasteiger charge is 2.35. The van der Waals surface area contributed by atoms with Gasteiger partial charge in [-0.2, -0.15) is 5.11 Å². The summed E-state index contributed by atoms with van der Waals surface area (Å²) in [6.07, 6.45) is 0. The van der Waals surface area contributed by atoms with Crippen LogP contribution in [0.1, 0.15) is 6.92 Å². The molecular formula is C4H5ClN2OS. The van der Waals surface area contributed by atoms with E-state index in [1.54, 1.807) is 6.92 Å². The summed E-state index contributed by atoms with van der Waals surface area (Å²) < 4.78 is 3.59. The molecule has 0 N–H and O–H groups in total. The van der Waals surface area contributed by atoms with Crippen LogP contribution < -0.4 is 0 Å². The van der Waals surface area contributed by atoms with Gasteiger partial charge in [-0.1, -0.05) is 0 Å². The van der Waals surface area contributed by atoms with Crippen LogP contribution in [0.5, 0.6) is 0 Å². The maximum atomic E-state index is 10.6. The Hall–Kier alpha value is -0.0900. The summed E-state index contributed by atoms with van der Waals surface area (Å²) in [6.45, 7) is 1.67. The normalized spacial score (nSPS) is 33.1. The highest BCUT2D eigenvalue weighted by molar-refractivity contribution is 7.98. The van der Waals surface area contributed by atoms with Crippen molar-refractivity contribution in [2.24, 2.45) is 9.63 Å². The van der Waals surface area contributed by atoms with Gasteiger partial charge in [-0.25, -0.2) is 0 Å². The molecule has 0 saturated heterocycles. The van der Waals surface area contributed by atoms with Crippen molar-refractivity contribution in [2.75, 3.05) is 5.75 Å². The first kappa shape index (κ1) is 7.02. The van der Waals surface area contributed by atoms with Gasteiger partial charge >= 0.3 is 0 Å². The minimum Gasteiger partial charge on any atom is -0.278 e. The molecule has 50 valence electrons. The molecule has 1 rings (SSSR count). The fraction of sp³-hybridized carbons (Fsp3) is 0.750. The summed E-state index contributed by atoms with van der Waals surface area (Å²) in [7, 11) is 0. The van der Waals surface area contributed by atoms with Crippen molar-refractivity contribution in [3.63, 3.8) is 0 Å². The van der Waals surface area contributed by atoms with Crippen molar-refractivity contribution in [1.82, 2.24) is 0 Å². The van der Waals surface area contributed by atoms with Gasteiger partial charge in [0.25, 0.3) is 5.24 Å². The molecule has 0 radical (unpaired) electrons. The van der Waals surface area contributed by atoms with Crippen LogP contribution in [0.3, 0.4) is 0 Å². The zero-order chi connectivity index (χ0) is 6.91. The van der Waals surface area contributed by atoms with Crippen LogP contribution in [-0.4, -0.2) is 16.5 Å². The van der Waals surface area contributed by atoms with Crippen LogP contribution in [0, 0.1) is 0 Å². The predicted molar refractivity (Wildman–Crippen MR) is 36.6 cm³/mol. The summed E-state index contributed by atoms with van der Waals surface area (Å²) in [6, 6.07) is 0. The summed E-state index contributed by atoms with van der Waals surface area (Å²) >= 11 is 6.48. The molecule has 0 fully saturated rings. The Morgan fingerprint density at radius 2 is 2.56 bits per heavy atom. The van der Waals surface area contributed by atoms with E-state index in [2.05, 4.69) is 9.63 Å². The quantitative estimate of drug-likeness (QED) is 0.437. The first-order chi connectivity index (χ1) is 4.15. The van der Waals surface area contributed by atoms with Crippen LogP contribution in [0.2, 0.25) is 0 Å². The van der Waals surface area contributed by atoms with E-state index >= 15 is 0 Å². The Balaban J connectivity index is 2.74. The molecule has 0 aromatic carbocycles. The lowest BCUT2D eigenvalue weighted by molar-refractivity contribution is -0.115. The SMILES string of the molecule is CC1(C(=O)Cl)CSN=N1. The average molecular weight is 165 g/mol. The first-order valence-electron chi connectivity index (χ1n) is 2.39. The second-order valence-electron chi connectivity index (χ2n) is 2.00. The molecule has 1 unspecified atom stereocenters. The summed E-state index contributed by atoms with van der Waals surface area (Å²) in [4.78, 5) is 10.6. The Labute approximate surface area is 62.0 Å². The standard InChI is InChI=1S/C4H5ClN2OS/c1-4(3(5)8)2-9-7-6-4/h2H2,1H3. The zero-order valence-corrected chi connectivity index (χ0v) is 6.37. The number of carbonyl (C=O) groups excluding carboxylic acids is 1. The molecule has 0 aliphatic carbocycles. The molecule has 0 amide bonds. The van der Waals surface area contributed by atoms with Crippen LogP contribution >= 0.6 is 23.5 Å². The highest BCUT2D eigenvalue weighted by Crippen LogP contribution is 2.28. The number of halogens is 1. The molecule has 0 saturated carbocycles. The van der Waals surface area contributed by atoms with Gasteiger partial charge in [0.15, 0.2) is 5.54 Å². The second-order valence-corrected chi connectivity index (χ2v) is 3.06. The molecule has 1 heterocycles. The average Bonchev–Trinajstić information content (AvgIpc) is 2.16. The van der Waals surface area contributed by atoms with Gasteiger partial charge in [0, 0.05) is 11.9 Å². The minimum absolute atomic E-state index is 0.434. The smallest absolute Gasteiger partial charge is 0.251 e. The summed E-state index contributed by atoms with van der Waals surface area (Å²) in [5.74, 6) is 0.565. The Kier molecular flexibility index (Phi) is 1.77. The minimum atomic E-state index is -0.758. The molecular weight excluding hydrogens is 160 g/mol. The lowest BCUT2D eigenvalue weighted by Gasteiger charge is -2.09. The number of hydrogen-bond donors (Lipinski definition) is 0. The maximum Gasteiger partial charge on any atom is 0.251 e. The molecule has 9 heavy (non-hydrogen) atoms. The number of hydrogen-bond acceptors (Lipinski definition) is 4. The largest absolute Gasteiger partial charge is 0.278 e. The third-order valence-electron chi connectivity index (χ3n) is 1.09. The van der Waals surface area contributed by atoms with E-state index in [4.69, 9.17) is 11.6 Å². The van der Waals surface area contributed by atoms with Crippen LogP contribution in [0.25, 0.3) is 0 Å². The van der Waals surface area contributed by atoms with Crippen LogP contribution in [0.15, 0.2) is 9.63 Å². The van der Waals surface area contributed by atoms with Crippen molar-refractivity contribution in [1.29, 1.82) is 0 Å². The lowest BCUT2D eigenvalue weighted by Crippen LogP contribution is -2.29. The summed E-state index contributed by atoms with van der Waals surface area (Å²) in [5, 5.41) is 3.24. The van der Waals surface area contributed by atoms with E-state index < -0.39 is 10.8 Å². The Morgan fingerprint density at radius 3 is 2.78 bits per heavy atom. The monoisotopic (exact) mass is 164 g/mol. The van der Waals surface area contributed by atoms with Crippen molar-refractivity contribution in [2.45, 2.75) is 12.5 Å². The highest BCUT2D eigenvalue weighted by atomic mass is 35.5. The van der Waals surface area contributed by atoms with Crippen molar-refractivity contribution < 1.29 is 4.79 Å². The maximum absolute atomic E-state index is 10.6. The van der Waals surface area contributed by atoms with Crippen molar-refractivity contribution in [3.8, 4) is 0 Å². The second kappa shape index (κ2) is 2.27. The Bertz CT molecular complexity index is 172. The fourth-order valence-corrected chi connectivity index (χ4v) is 1.32. The third-order valence-corrected chi connectivity index (χ3v) is 2.38. The molecule has 0 bridgehead atoms. The number of rotatable bonds is 1. The van der Waals surface area contributed by atoms with E-state index in [1.165, 1.54) is 11.9 Å². The van der Waals surface area contributed by atoms with Gasteiger partial charge in [0.2, 0.25) is 0 Å². The zero-order valence-electron chi connectivity index (χ0n) is 4.80. The first-order valence-corrected chi connectivity index (χ1v) is 3.71. The topological polar surface area (TPSA) is 41.8 Å². The van der Waals surface area contributed by atoms with Gasteiger partial charge in [0.05, 0.1) is 5.75 Å². The molecule has 3 nitrogen and oxygen atoms in total. The van der Waals surface area contributed by atoms with E-state index in [9.17, 15) is 4.79 Å². The molecule has 0 aromatic rings. The number of nitrogens with zero attached hydrogens (tertiary/aromatic N) is 2.